The molecule has 0 aliphatic rings. The summed E-state index contributed by atoms with van der Waals surface area (Å²) in [4.78, 5) is 26.8. The van der Waals surface area contributed by atoms with Gasteiger partial charge in [0, 0.05) is 10.4 Å². The molecule has 5 heteroatoms. The molecule has 3 aromatic rings. The topological polar surface area (TPSA) is 58.2 Å². The van der Waals surface area contributed by atoms with Crippen molar-refractivity contribution in [2.24, 2.45) is 0 Å². The van der Waals surface area contributed by atoms with Gasteiger partial charge < -0.3 is 10.6 Å². The van der Waals surface area contributed by atoms with Crippen LogP contribution in [-0.4, -0.2) is 11.8 Å². The molecule has 2 N–H and O–H groups in total. The Bertz CT molecular complexity index is 1080. The second-order valence-corrected chi connectivity index (χ2v) is 8.38. The minimum Gasteiger partial charge on any atom is -0.344 e. The molecule has 0 aliphatic carbocycles. The van der Waals surface area contributed by atoms with E-state index in [2.05, 4.69) is 28.8 Å². The van der Waals surface area contributed by atoms with Crippen molar-refractivity contribution >= 4 is 29.2 Å². The van der Waals surface area contributed by atoms with E-state index in [-0.39, 0.29) is 23.6 Å². The Morgan fingerprint density at radius 2 is 1.73 bits per heavy atom. The third-order valence-corrected chi connectivity index (χ3v) is 5.78. The van der Waals surface area contributed by atoms with Crippen LogP contribution >= 0.6 is 11.3 Å². The average molecular weight is 419 g/mol. The van der Waals surface area contributed by atoms with Crippen LogP contribution in [0.5, 0.6) is 0 Å². The summed E-state index contributed by atoms with van der Waals surface area (Å²) in [6.07, 6.45) is 1.71. The van der Waals surface area contributed by atoms with E-state index in [1.165, 1.54) is 11.3 Å². The van der Waals surface area contributed by atoms with Crippen LogP contribution in [0.4, 0.5) is 0 Å². The highest BCUT2D eigenvalue weighted by Crippen LogP contribution is 2.20. The second kappa shape index (κ2) is 9.55. The highest BCUT2D eigenvalue weighted by atomic mass is 32.1. The van der Waals surface area contributed by atoms with Crippen LogP contribution < -0.4 is 10.6 Å². The smallest absolute Gasteiger partial charge is 0.268 e. The van der Waals surface area contributed by atoms with E-state index in [9.17, 15) is 9.59 Å². The molecule has 154 valence electrons. The summed E-state index contributed by atoms with van der Waals surface area (Å²) in [5.74, 6) is -0.621. The van der Waals surface area contributed by atoms with Gasteiger partial charge in [0.25, 0.3) is 11.8 Å². The van der Waals surface area contributed by atoms with Crippen molar-refractivity contribution in [3.63, 3.8) is 0 Å². The molecular weight excluding hydrogens is 392 g/mol. The van der Waals surface area contributed by atoms with Gasteiger partial charge in [-0.15, -0.1) is 11.3 Å². The van der Waals surface area contributed by atoms with Crippen molar-refractivity contribution in [3.05, 3.63) is 98.4 Å². The van der Waals surface area contributed by atoms with Gasteiger partial charge in [-0.3, -0.25) is 9.59 Å². The number of aryl methyl sites for hydroxylation is 3. The number of benzene rings is 2. The fourth-order valence-electron chi connectivity index (χ4n) is 3.27. The van der Waals surface area contributed by atoms with Gasteiger partial charge in [0.2, 0.25) is 0 Å². The first kappa shape index (κ1) is 21.5. The summed E-state index contributed by atoms with van der Waals surface area (Å²) >= 11 is 1.51. The van der Waals surface area contributed by atoms with Crippen LogP contribution in [0.2, 0.25) is 0 Å². The van der Waals surface area contributed by atoms with E-state index in [1.807, 2.05) is 63.4 Å². The van der Waals surface area contributed by atoms with Gasteiger partial charge >= 0.3 is 0 Å². The summed E-state index contributed by atoms with van der Waals surface area (Å²) in [6, 6.07) is 17.1. The standard InChI is InChI=1S/C25H26N2O2S/c1-16-11-12-18(3)22(14-16)19(4)26-25(29)23(15-20-9-7-13-30-20)27-24(28)21-10-6-5-8-17(21)2/h5-15,19H,1-4H3,(H,26,29)(H,27,28)/b23-15-/t19-/m0/s1. The zero-order chi connectivity index (χ0) is 21.7. The first-order chi connectivity index (χ1) is 14.3. The van der Waals surface area contributed by atoms with Crippen molar-refractivity contribution in [1.29, 1.82) is 0 Å². The lowest BCUT2D eigenvalue weighted by Crippen LogP contribution is -2.36. The van der Waals surface area contributed by atoms with Gasteiger partial charge in [-0.25, -0.2) is 0 Å². The molecule has 3 rings (SSSR count). The molecular formula is C25H26N2O2S. The molecule has 0 saturated heterocycles. The number of hydrogen-bond acceptors (Lipinski definition) is 3. The van der Waals surface area contributed by atoms with Crippen LogP contribution in [0, 0.1) is 20.8 Å². The van der Waals surface area contributed by atoms with Crippen molar-refractivity contribution in [2.45, 2.75) is 33.7 Å². The lowest BCUT2D eigenvalue weighted by atomic mass is 10.00. The van der Waals surface area contributed by atoms with E-state index in [0.717, 1.165) is 27.1 Å². The molecule has 0 spiro atoms. The van der Waals surface area contributed by atoms with Crippen LogP contribution in [0.15, 0.2) is 65.7 Å². The maximum Gasteiger partial charge on any atom is 0.268 e. The van der Waals surface area contributed by atoms with Crippen LogP contribution in [-0.2, 0) is 4.79 Å². The Balaban J connectivity index is 1.85. The van der Waals surface area contributed by atoms with Gasteiger partial charge in [0.05, 0.1) is 6.04 Å². The van der Waals surface area contributed by atoms with Crippen LogP contribution in [0.25, 0.3) is 6.08 Å². The Labute approximate surface area is 181 Å². The first-order valence-corrected chi connectivity index (χ1v) is 10.7. The Kier molecular flexibility index (Phi) is 6.85. The second-order valence-electron chi connectivity index (χ2n) is 7.40. The van der Waals surface area contributed by atoms with Crippen molar-refractivity contribution in [2.75, 3.05) is 0 Å². The summed E-state index contributed by atoms with van der Waals surface area (Å²) in [6.45, 7) is 7.88. The fourth-order valence-corrected chi connectivity index (χ4v) is 3.93. The number of carbonyl (C=O) groups is 2. The Morgan fingerprint density at radius 1 is 0.967 bits per heavy atom. The molecule has 4 nitrogen and oxygen atoms in total. The highest BCUT2D eigenvalue weighted by Gasteiger charge is 2.19. The molecule has 0 radical (unpaired) electrons. The minimum atomic E-state index is -0.321. The molecule has 0 bridgehead atoms. The predicted molar refractivity (Wildman–Crippen MR) is 123 cm³/mol. The molecule has 0 saturated carbocycles. The number of hydrogen-bond donors (Lipinski definition) is 2. The largest absolute Gasteiger partial charge is 0.344 e. The minimum absolute atomic E-state index is 0.195. The van der Waals surface area contributed by atoms with Crippen LogP contribution in [0.1, 0.15) is 50.5 Å². The van der Waals surface area contributed by atoms with Gasteiger partial charge in [0.1, 0.15) is 5.70 Å². The number of amides is 2. The van der Waals surface area contributed by atoms with E-state index >= 15 is 0 Å². The first-order valence-electron chi connectivity index (χ1n) is 9.85. The average Bonchev–Trinajstić information content (AvgIpc) is 3.22. The number of carbonyl (C=O) groups excluding carboxylic acids is 2. The van der Waals surface area contributed by atoms with Crippen molar-refractivity contribution in [1.82, 2.24) is 10.6 Å². The molecule has 2 aromatic carbocycles. The van der Waals surface area contributed by atoms with Gasteiger partial charge in [0.15, 0.2) is 0 Å². The summed E-state index contributed by atoms with van der Waals surface area (Å²) in [5.41, 5.74) is 4.94. The van der Waals surface area contributed by atoms with Gasteiger partial charge in [-0.1, -0.05) is 48.0 Å². The molecule has 1 heterocycles. The molecule has 1 aromatic heterocycles. The number of nitrogens with one attached hydrogen (secondary N) is 2. The Hall–Kier alpha value is -3.18. The van der Waals surface area contributed by atoms with Crippen LogP contribution in [0.3, 0.4) is 0 Å². The monoisotopic (exact) mass is 418 g/mol. The van der Waals surface area contributed by atoms with E-state index in [0.29, 0.717) is 5.56 Å². The quantitative estimate of drug-likeness (QED) is 0.532. The van der Waals surface area contributed by atoms with E-state index in [4.69, 9.17) is 0 Å². The van der Waals surface area contributed by atoms with Crippen molar-refractivity contribution in [3.8, 4) is 0 Å². The van der Waals surface area contributed by atoms with E-state index in [1.54, 1.807) is 12.1 Å². The third kappa shape index (κ3) is 5.24. The maximum atomic E-state index is 13.1. The summed E-state index contributed by atoms with van der Waals surface area (Å²) < 4.78 is 0. The zero-order valence-electron chi connectivity index (χ0n) is 17.7. The molecule has 1 atom stereocenters. The third-order valence-electron chi connectivity index (χ3n) is 4.96. The van der Waals surface area contributed by atoms with Gasteiger partial charge in [-0.05, 0) is 68.0 Å². The lowest BCUT2D eigenvalue weighted by molar-refractivity contribution is -0.118. The normalized spacial score (nSPS) is 12.3. The Morgan fingerprint density at radius 3 is 2.43 bits per heavy atom. The SMILES string of the molecule is Cc1ccc(C)c([C@H](C)NC(=O)/C(=C/c2cccs2)NC(=O)c2ccccc2C)c1. The highest BCUT2D eigenvalue weighted by molar-refractivity contribution is 7.10. The summed E-state index contributed by atoms with van der Waals surface area (Å²) in [7, 11) is 0. The maximum absolute atomic E-state index is 13.1. The fraction of sp³-hybridized carbons (Fsp3) is 0.200. The van der Waals surface area contributed by atoms with Crippen molar-refractivity contribution < 1.29 is 9.59 Å². The molecule has 0 aliphatic heterocycles. The van der Waals surface area contributed by atoms with Gasteiger partial charge in [-0.2, -0.15) is 0 Å². The molecule has 2 amide bonds. The number of thiophene rings is 1. The zero-order valence-corrected chi connectivity index (χ0v) is 18.5. The number of rotatable bonds is 6. The lowest BCUT2D eigenvalue weighted by Gasteiger charge is -2.19. The summed E-state index contributed by atoms with van der Waals surface area (Å²) in [5, 5.41) is 7.78. The predicted octanol–water partition coefficient (Wildman–Crippen LogP) is 5.32. The van der Waals surface area contributed by atoms with E-state index < -0.39 is 0 Å². The molecule has 0 fully saturated rings. The molecule has 0 unspecified atom stereocenters. The molecule has 30 heavy (non-hydrogen) atoms.